The molecule has 1 N–H and O–H groups in total. The predicted octanol–water partition coefficient (Wildman–Crippen LogP) is 3.41. The average molecular weight is 315 g/mol. The van der Waals surface area contributed by atoms with E-state index in [1.807, 2.05) is 32.3 Å². The predicted molar refractivity (Wildman–Crippen MR) is 91.6 cm³/mol. The summed E-state index contributed by atoms with van der Waals surface area (Å²) in [4.78, 5) is 6.96. The third-order valence-corrected chi connectivity index (χ3v) is 4.46. The highest BCUT2D eigenvalue weighted by Crippen LogP contribution is 2.29. The maximum atomic E-state index is 8.20. The van der Waals surface area contributed by atoms with Crippen LogP contribution in [0.3, 0.4) is 0 Å². The summed E-state index contributed by atoms with van der Waals surface area (Å²) < 4.78 is 6.32. The maximum Gasteiger partial charge on any atom is 0.129 e. The van der Waals surface area contributed by atoms with E-state index in [4.69, 9.17) is 15.0 Å². The Morgan fingerprint density at radius 3 is 2.70 bits per heavy atom. The molecule has 1 aromatic rings. The van der Waals surface area contributed by atoms with E-state index in [9.17, 15) is 0 Å². The summed E-state index contributed by atoms with van der Waals surface area (Å²) in [5, 5.41) is 12.3. The Morgan fingerprint density at radius 2 is 2.04 bits per heavy atom. The fourth-order valence-corrected chi connectivity index (χ4v) is 3.12. The first-order valence-corrected chi connectivity index (χ1v) is 8.41. The van der Waals surface area contributed by atoms with Crippen LogP contribution in [0.15, 0.2) is 23.4 Å². The highest BCUT2D eigenvalue weighted by molar-refractivity contribution is 6.05. The summed E-state index contributed by atoms with van der Waals surface area (Å²) in [7, 11) is 3.76. The molecule has 0 aromatic heterocycles. The molecule has 0 radical (unpaired) electrons. The van der Waals surface area contributed by atoms with E-state index in [2.05, 4.69) is 5.16 Å². The molecule has 5 nitrogen and oxygen atoms in total. The van der Waals surface area contributed by atoms with Gasteiger partial charge < -0.3 is 14.5 Å². The lowest BCUT2D eigenvalue weighted by Gasteiger charge is -2.25. The minimum atomic E-state index is 0.272. The van der Waals surface area contributed by atoms with Gasteiger partial charge in [-0.05, 0) is 37.8 Å². The Hall–Kier alpha value is -2.04. The van der Waals surface area contributed by atoms with Crippen LogP contribution < -0.4 is 4.74 Å². The molecule has 0 unspecified atom stereocenters. The average Bonchev–Trinajstić information content (AvgIpc) is 3.09. The van der Waals surface area contributed by atoms with Gasteiger partial charge in [-0.1, -0.05) is 17.6 Å². The van der Waals surface area contributed by atoms with Gasteiger partial charge in [0.15, 0.2) is 0 Å². The highest BCUT2D eigenvalue weighted by Gasteiger charge is 2.21. The van der Waals surface area contributed by atoms with Crippen molar-refractivity contribution in [1.82, 2.24) is 4.90 Å². The molecular formula is C18H25N3O2. The molecule has 1 fully saturated rings. The number of nitrogens with zero attached hydrogens (tertiary/aromatic N) is 2. The van der Waals surface area contributed by atoms with E-state index in [-0.39, 0.29) is 6.10 Å². The van der Waals surface area contributed by atoms with Crippen LogP contribution in [0.25, 0.3) is 0 Å². The van der Waals surface area contributed by atoms with Gasteiger partial charge in [-0.2, -0.15) is 0 Å². The molecule has 1 aliphatic carbocycles. The summed E-state index contributed by atoms with van der Waals surface area (Å²) >= 11 is 0. The second kappa shape index (κ2) is 7.02. The van der Waals surface area contributed by atoms with Crippen LogP contribution in [0.4, 0.5) is 0 Å². The van der Waals surface area contributed by atoms with Crippen LogP contribution in [0, 0.1) is 5.41 Å². The lowest BCUT2D eigenvalue weighted by Crippen LogP contribution is -2.23. The number of hydrogen-bond donors (Lipinski definition) is 1. The Bertz CT molecular complexity index is 604. The van der Waals surface area contributed by atoms with Crippen molar-refractivity contribution < 1.29 is 9.57 Å². The Labute approximate surface area is 137 Å². The molecule has 0 saturated heterocycles. The monoisotopic (exact) mass is 315 g/mol. The molecule has 5 heteroatoms. The van der Waals surface area contributed by atoms with Crippen molar-refractivity contribution in [2.24, 2.45) is 5.16 Å². The molecule has 23 heavy (non-hydrogen) atoms. The van der Waals surface area contributed by atoms with Crippen molar-refractivity contribution in [3.63, 3.8) is 0 Å². The van der Waals surface area contributed by atoms with Gasteiger partial charge in [-0.15, -0.1) is 0 Å². The first-order chi connectivity index (χ1) is 11.1. The Morgan fingerprint density at radius 1 is 1.26 bits per heavy atom. The zero-order valence-corrected chi connectivity index (χ0v) is 14.0. The van der Waals surface area contributed by atoms with Gasteiger partial charge in [0.2, 0.25) is 0 Å². The van der Waals surface area contributed by atoms with Crippen molar-refractivity contribution in [3.05, 3.63) is 29.3 Å². The Kier molecular flexibility index (Phi) is 4.84. The smallest absolute Gasteiger partial charge is 0.129 e. The van der Waals surface area contributed by atoms with Crippen molar-refractivity contribution >= 4 is 11.5 Å². The lowest BCUT2D eigenvalue weighted by atomic mass is 9.97. The molecule has 124 valence electrons. The molecule has 1 heterocycles. The normalized spacial score (nSPS) is 18.3. The standard InChI is InChI=1S/C18H25N3O2/c1-21(2)18(19)13-8-9-15(16-10-11-22-20-16)17(12-13)23-14-6-4-3-5-7-14/h8-9,12,14,19H,3-7,10-11H2,1-2H3. The first-order valence-electron chi connectivity index (χ1n) is 8.41. The molecule has 1 aliphatic heterocycles. The first kappa shape index (κ1) is 15.8. The van der Waals surface area contributed by atoms with E-state index in [1.165, 1.54) is 19.3 Å². The summed E-state index contributed by atoms with van der Waals surface area (Å²) in [6, 6.07) is 5.96. The molecule has 1 aromatic carbocycles. The van der Waals surface area contributed by atoms with Gasteiger partial charge in [-0.25, -0.2) is 0 Å². The molecule has 0 bridgehead atoms. The fourth-order valence-electron chi connectivity index (χ4n) is 3.12. The zero-order chi connectivity index (χ0) is 16.2. The third-order valence-electron chi connectivity index (χ3n) is 4.46. The van der Waals surface area contributed by atoms with E-state index in [0.29, 0.717) is 12.4 Å². The molecule has 2 aliphatic rings. The molecule has 1 saturated carbocycles. The third kappa shape index (κ3) is 3.66. The van der Waals surface area contributed by atoms with Crippen LogP contribution in [-0.2, 0) is 4.84 Å². The maximum absolute atomic E-state index is 8.20. The number of nitrogens with one attached hydrogen (secondary N) is 1. The highest BCUT2D eigenvalue weighted by atomic mass is 16.6. The molecule has 0 atom stereocenters. The van der Waals surface area contributed by atoms with Gasteiger partial charge in [0.1, 0.15) is 18.2 Å². The fraction of sp³-hybridized carbons (Fsp3) is 0.556. The van der Waals surface area contributed by atoms with Crippen molar-refractivity contribution in [3.8, 4) is 5.75 Å². The van der Waals surface area contributed by atoms with Crippen LogP contribution in [0.5, 0.6) is 5.75 Å². The summed E-state index contributed by atoms with van der Waals surface area (Å²) in [6.45, 7) is 0.632. The van der Waals surface area contributed by atoms with E-state index in [1.54, 1.807) is 4.90 Å². The minimum absolute atomic E-state index is 0.272. The quantitative estimate of drug-likeness (QED) is 0.684. The number of rotatable bonds is 4. The van der Waals surface area contributed by atoms with Crippen LogP contribution in [-0.4, -0.2) is 43.3 Å². The second-order valence-corrected chi connectivity index (χ2v) is 6.45. The number of oxime groups is 1. The van der Waals surface area contributed by atoms with Gasteiger partial charge in [-0.3, -0.25) is 5.41 Å². The van der Waals surface area contributed by atoms with E-state index < -0.39 is 0 Å². The van der Waals surface area contributed by atoms with E-state index in [0.717, 1.165) is 41.9 Å². The van der Waals surface area contributed by atoms with E-state index >= 15 is 0 Å². The summed E-state index contributed by atoms with van der Waals surface area (Å²) in [5.41, 5.74) is 2.81. The number of ether oxygens (including phenoxy) is 1. The SMILES string of the molecule is CN(C)C(=N)c1ccc(C2=NOCC2)c(OC2CCCCC2)c1. The lowest BCUT2D eigenvalue weighted by molar-refractivity contribution is 0.154. The van der Waals surface area contributed by atoms with Crippen LogP contribution in [0.2, 0.25) is 0 Å². The molecule has 3 rings (SSSR count). The van der Waals surface area contributed by atoms with Crippen LogP contribution >= 0.6 is 0 Å². The number of benzene rings is 1. The zero-order valence-electron chi connectivity index (χ0n) is 14.0. The van der Waals surface area contributed by atoms with Crippen LogP contribution in [0.1, 0.15) is 49.7 Å². The van der Waals surface area contributed by atoms with Crippen molar-refractivity contribution in [2.75, 3.05) is 20.7 Å². The van der Waals surface area contributed by atoms with Gasteiger partial charge >= 0.3 is 0 Å². The van der Waals surface area contributed by atoms with Crippen molar-refractivity contribution in [2.45, 2.75) is 44.6 Å². The second-order valence-electron chi connectivity index (χ2n) is 6.45. The largest absolute Gasteiger partial charge is 0.490 e. The summed E-state index contributed by atoms with van der Waals surface area (Å²) in [5.74, 6) is 1.32. The van der Waals surface area contributed by atoms with Gasteiger partial charge in [0.25, 0.3) is 0 Å². The number of hydrogen-bond acceptors (Lipinski definition) is 4. The van der Waals surface area contributed by atoms with Gasteiger partial charge in [0, 0.05) is 31.6 Å². The number of amidine groups is 1. The molecular weight excluding hydrogens is 290 g/mol. The molecule has 0 spiro atoms. The van der Waals surface area contributed by atoms with Gasteiger partial charge in [0.05, 0.1) is 11.8 Å². The Balaban J connectivity index is 1.90. The topological polar surface area (TPSA) is 57.9 Å². The summed E-state index contributed by atoms with van der Waals surface area (Å²) in [6.07, 6.45) is 7.07. The minimum Gasteiger partial charge on any atom is -0.490 e. The van der Waals surface area contributed by atoms with Crippen molar-refractivity contribution in [1.29, 1.82) is 5.41 Å². The molecule has 0 amide bonds.